The number of hydrogen-bond donors (Lipinski definition) is 2. The van der Waals surface area contributed by atoms with E-state index >= 15 is 0 Å². The molecule has 3 rings (SSSR count). The van der Waals surface area contributed by atoms with E-state index in [1.807, 2.05) is 6.92 Å². The summed E-state index contributed by atoms with van der Waals surface area (Å²) in [6.45, 7) is 3.25. The molecule has 132 valence electrons. The maximum absolute atomic E-state index is 13.2. The van der Waals surface area contributed by atoms with Gasteiger partial charge in [0.15, 0.2) is 11.6 Å². The molecule has 0 aliphatic carbocycles. The van der Waals surface area contributed by atoms with Gasteiger partial charge in [-0.2, -0.15) is 9.36 Å². The van der Waals surface area contributed by atoms with Gasteiger partial charge in [-0.1, -0.05) is 6.07 Å². The highest BCUT2D eigenvalue weighted by atomic mass is 32.1. The van der Waals surface area contributed by atoms with Crippen molar-refractivity contribution in [2.24, 2.45) is 0 Å². The number of rotatable bonds is 8. The summed E-state index contributed by atoms with van der Waals surface area (Å²) in [6, 6.07) is 4.15. The molecule has 0 radical (unpaired) electrons. The summed E-state index contributed by atoms with van der Waals surface area (Å²) in [5.41, 5.74) is 0.716. The molecule has 1 aromatic carbocycles. The molecule has 2 aromatic heterocycles. The van der Waals surface area contributed by atoms with Crippen LogP contribution in [-0.2, 0) is 6.54 Å². The molecular weight excluding hydrogens is 346 g/mol. The van der Waals surface area contributed by atoms with E-state index in [4.69, 9.17) is 0 Å². The summed E-state index contributed by atoms with van der Waals surface area (Å²) >= 11 is 1.29. The highest BCUT2D eigenvalue weighted by Crippen LogP contribution is 2.14. The third-order valence-corrected chi connectivity index (χ3v) is 4.31. The molecule has 2 N–H and O–H groups in total. The standard InChI is InChI=1S/C16H18F2N6S/c1-11(21-9-12-2-3-13(17)14(18)8-12)4-5-20-16-22-15(23-25-16)24-7-6-19-10-24/h2-3,6-8,10-11,21H,4-5,9H2,1H3,(H,20,22,23). The minimum Gasteiger partial charge on any atom is -0.360 e. The highest BCUT2D eigenvalue weighted by molar-refractivity contribution is 7.09. The predicted molar refractivity (Wildman–Crippen MR) is 92.8 cm³/mol. The molecule has 9 heteroatoms. The van der Waals surface area contributed by atoms with E-state index in [1.165, 1.54) is 17.6 Å². The van der Waals surface area contributed by atoms with Crippen molar-refractivity contribution in [2.75, 3.05) is 11.9 Å². The molecule has 0 aliphatic heterocycles. The minimum absolute atomic E-state index is 0.210. The molecule has 0 saturated carbocycles. The number of hydrogen-bond acceptors (Lipinski definition) is 6. The van der Waals surface area contributed by atoms with Crippen LogP contribution in [0.15, 0.2) is 36.9 Å². The third kappa shape index (κ3) is 4.80. The van der Waals surface area contributed by atoms with E-state index in [9.17, 15) is 8.78 Å². The maximum Gasteiger partial charge on any atom is 0.248 e. The van der Waals surface area contributed by atoms with Crippen molar-refractivity contribution in [3.05, 3.63) is 54.1 Å². The Morgan fingerprint density at radius 2 is 2.16 bits per heavy atom. The fourth-order valence-electron chi connectivity index (χ4n) is 2.21. The average molecular weight is 364 g/mol. The van der Waals surface area contributed by atoms with Gasteiger partial charge in [0.05, 0.1) is 0 Å². The summed E-state index contributed by atoms with van der Waals surface area (Å²) in [5, 5.41) is 7.27. The SMILES string of the molecule is CC(CCNc1nc(-n2ccnc2)ns1)NCc1ccc(F)c(F)c1. The first-order valence-corrected chi connectivity index (χ1v) is 8.62. The molecule has 6 nitrogen and oxygen atoms in total. The molecule has 3 aromatic rings. The average Bonchev–Trinajstić information content (AvgIpc) is 3.27. The second-order valence-electron chi connectivity index (χ2n) is 5.62. The smallest absolute Gasteiger partial charge is 0.248 e. The van der Waals surface area contributed by atoms with Gasteiger partial charge in [-0.05, 0) is 31.0 Å². The molecule has 0 fully saturated rings. The Balaban J connectivity index is 1.40. The van der Waals surface area contributed by atoms with Crippen molar-refractivity contribution in [3.63, 3.8) is 0 Å². The lowest BCUT2D eigenvalue weighted by molar-refractivity contribution is 0.499. The topological polar surface area (TPSA) is 67.7 Å². The van der Waals surface area contributed by atoms with Gasteiger partial charge in [0, 0.05) is 43.1 Å². The minimum atomic E-state index is -0.826. The maximum atomic E-state index is 13.2. The van der Waals surface area contributed by atoms with E-state index in [0.717, 1.165) is 24.2 Å². The molecule has 0 spiro atoms. The Hall–Kier alpha value is -2.39. The van der Waals surface area contributed by atoms with E-state index in [-0.39, 0.29) is 6.04 Å². The van der Waals surface area contributed by atoms with Crippen LogP contribution >= 0.6 is 11.5 Å². The predicted octanol–water partition coefficient (Wildman–Crippen LogP) is 2.98. The van der Waals surface area contributed by atoms with Crippen LogP contribution in [0.4, 0.5) is 13.9 Å². The lowest BCUT2D eigenvalue weighted by Crippen LogP contribution is -2.27. The Bertz CT molecular complexity index is 805. The van der Waals surface area contributed by atoms with Crippen LogP contribution in [-0.4, -0.2) is 31.5 Å². The van der Waals surface area contributed by atoms with Gasteiger partial charge in [0.1, 0.15) is 6.33 Å². The quantitative estimate of drug-likeness (QED) is 0.643. The third-order valence-electron chi connectivity index (χ3n) is 3.64. The zero-order valence-electron chi connectivity index (χ0n) is 13.6. The second kappa shape index (κ2) is 8.13. The summed E-state index contributed by atoms with van der Waals surface area (Å²) < 4.78 is 32.1. The van der Waals surface area contributed by atoms with E-state index in [0.29, 0.717) is 18.1 Å². The molecule has 0 aliphatic rings. The molecule has 0 bridgehead atoms. The Labute approximate surface area is 148 Å². The van der Waals surface area contributed by atoms with Crippen LogP contribution in [0, 0.1) is 11.6 Å². The van der Waals surface area contributed by atoms with Crippen LogP contribution in [0.3, 0.4) is 0 Å². The lowest BCUT2D eigenvalue weighted by Gasteiger charge is -2.14. The fourth-order valence-corrected chi connectivity index (χ4v) is 2.80. The van der Waals surface area contributed by atoms with Gasteiger partial charge >= 0.3 is 0 Å². The summed E-state index contributed by atoms with van der Waals surface area (Å²) in [5.74, 6) is -1.05. The summed E-state index contributed by atoms with van der Waals surface area (Å²) in [7, 11) is 0. The molecule has 25 heavy (non-hydrogen) atoms. The van der Waals surface area contributed by atoms with Crippen LogP contribution in [0.25, 0.3) is 5.95 Å². The van der Waals surface area contributed by atoms with Gasteiger partial charge in [0.2, 0.25) is 11.1 Å². The molecular formula is C16H18F2N6S. The normalized spacial score (nSPS) is 12.3. The number of benzene rings is 1. The molecule has 0 amide bonds. The zero-order valence-corrected chi connectivity index (χ0v) is 14.4. The van der Waals surface area contributed by atoms with Crippen molar-refractivity contribution >= 4 is 16.7 Å². The number of aromatic nitrogens is 4. The Morgan fingerprint density at radius 3 is 2.92 bits per heavy atom. The summed E-state index contributed by atoms with van der Waals surface area (Å²) in [4.78, 5) is 8.35. The molecule has 1 unspecified atom stereocenters. The molecule has 1 atom stereocenters. The number of anilines is 1. The van der Waals surface area contributed by atoms with E-state index in [2.05, 4.69) is 25.0 Å². The van der Waals surface area contributed by atoms with Crippen molar-refractivity contribution in [2.45, 2.75) is 25.9 Å². The molecule has 2 heterocycles. The number of halogens is 2. The Kier molecular flexibility index (Phi) is 5.67. The van der Waals surface area contributed by atoms with Gasteiger partial charge in [-0.3, -0.25) is 4.57 Å². The lowest BCUT2D eigenvalue weighted by atomic mass is 10.2. The number of nitrogens with zero attached hydrogens (tertiary/aromatic N) is 4. The van der Waals surface area contributed by atoms with Crippen molar-refractivity contribution in [1.82, 2.24) is 24.2 Å². The second-order valence-corrected chi connectivity index (χ2v) is 6.37. The van der Waals surface area contributed by atoms with Crippen LogP contribution in [0.5, 0.6) is 0 Å². The van der Waals surface area contributed by atoms with Gasteiger partial charge in [0.25, 0.3) is 0 Å². The van der Waals surface area contributed by atoms with E-state index < -0.39 is 11.6 Å². The van der Waals surface area contributed by atoms with Crippen LogP contribution in [0.1, 0.15) is 18.9 Å². The van der Waals surface area contributed by atoms with Gasteiger partial charge < -0.3 is 10.6 Å². The first kappa shape index (κ1) is 17.4. The number of nitrogens with one attached hydrogen (secondary N) is 2. The largest absolute Gasteiger partial charge is 0.360 e. The molecule has 0 saturated heterocycles. The van der Waals surface area contributed by atoms with Crippen molar-refractivity contribution in [1.29, 1.82) is 0 Å². The zero-order chi connectivity index (χ0) is 17.6. The number of imidazole rings is 1. The van der Waals surface area contributed by atoms with Gasteiger partial charge in [-0.15, -0.1) is 0 Å². The Morgan fingerprint density at radius 1 is 1.28 bits per heavy atom. The van der Waals surface area contributed by atoms with Gasteiger partial charge in [-0.25, -0.2) is 13.8 Å². The fraction of sp³-hybridized carbons (Fsp3) is 0.312. The monoisotopic (exact) mass is 364 g/mol. The highest BCUT2D eigenvalue weighted by Gasteiger charge is 2.07. The van der Waals surface area contributed by atoms with Crippen molar-refractivity contribution < 1.29 is 8.78 Å². The van der Waals surface area contributed by atoms with Crippen LogP contribution < -0.4 is 10.6 Å². The first-order chi connectivity index (χ1) is 12.1. The van der Waals surface area contributed by atoms with Crippen LogP contribution in [0.2, 0.25) is 0 Å². The first-order valence-electron chi connectivity index (χ1n) is 7.85. The van der Waals surface area contributed by atoms with E-state index in [1.54, 1.807) is 29.4 Å². The summed E-state index contributed by atoms with van der Waals surface area (Å²) in [6.07, 6.45) is 5.96. The van der Waals surface area contributed by atoms with Crippen molar-refractivity contribution in [3.8, 4) is 5.95 Å².